The Bertz CT molecular complexity index is 1020. The van der Waals surface area contributed by atoms with Gasteiger partial charge in [-0.25, -0.2) is 8.78 Å². The molecule has 0 amide bonds. The highest BCUT2D eigenvalue weighted by atomic mass is 19.1. The van der Waals surface area contributed by atoms with Crippen molar-refractivity contribution < 1.29 is 8.78 Å². The van der Waals surface area contributed by atoms with E-state index in [1.54, 1.807) is 13.4 Å². The number of nitrogens with zero attached hydrogens (tertiary/aromatic N) is 5. The first-order valence-corrected chi connectivity index (χ1v) is 9.75. The van der Waals surface area contributed by atoms with Gasteiger partial charge in [0.2, 0.25) is 0 Å². The van der Waals surface area contributed by atoms with E-state index in [1.165, 1.54) is 12.1 Å². The molecule has 1 unspecified atom stereocenters. The normalized spacial score (nSPS) is 16.7. The maximum Gasteiger partial charge on any atom is 0.191 e. The summed E-state index contributed by atoms with van der Waals surface area (Å²) in [6.07, 6.45) is 2.49. The van der Waals surface area contributed by atoms with Gasteiger partial charge in [0.15, 0.2) is 11.8 Å². The van der Waals surface area contributed by atoms with Crippen molar-refractivity contribution in [2.75, 3.05) is 25.0 Å². The van der Waals surface area contributed by atoms with E-state index in [-0.39, 0.29) is 6.04 Å². The molecule has 1 saturated heterocycles. The van der Waals surface area contributed by atoms with Gasteiger partial charge in [0.05, 0.1) is 12.2 Å². The summed E-state index contributed by atoms with van der Waals surface area (Å²) < 4.78 is 29.1. The van der Waals surface area contributed by atoms with Gasteiger partial charge in [-0.1, -0.05) is 18.2 Å². The molecule has 156 valence electrons. The molecule has 2 N–H and O–H groups in total. The van der Waals surface area contributed by atoms with E-state index >= 15 is 0 Å². The Kier molecular flexibility index (Phi) is 5.87. The van der Waals surface area contributed by atoms with Crippen LogP contribution in [0.5, 0.6) is 0 Å². The molecule has 1 aliphatic rings. The maximum atomic E-state index is 14.1. The fourth-order valence-corrected chi connectivity index (χ4v) is 3.57. The van der Waals surface area contributed by atoms with E-state index in [0.717, 1.165) is 24.0 Å². The first-order valence-electron chi connectivity index (χ1n) is 9.75. The molecule has 1 atom stereocenters. The second-order valence-corrected chi connectivity index (χ2v) is 7.05. The van der Waals surface area contributed by atoms with Crippen LogP contribution in [0.15, 0.2) is 59.9 Å². The third-order valence-corrected chi connectivity index (χ3v) is 5.07. The summed E-state index contributed by atoms with van der Waals surface area (Å²) in [7, 11) is 1.70. The third-order valence-electron chi connectivity index (χ3n) is 5.07. The molecular formula is C21H23F2N7. The van der Waals surface area contributed by atoms with E-state index in [4.69, 9.17) is 0 Å². The number of aliphatic imine (C=N–C) groups is 1. The van der Waals surface area contributed by atoms with Crippen molar-refractivity contribution in [3.63, 3.8) is 0 Å². The maximum absolute atomic E-state index is 14.1. The summed E-state index contributed by atoms with van der Waals surface area (Å²) in [6, 6.07) is 13.6. The van der Waals surface area contributed by atoms with Crippen molar-refractivity contribution >= 4 is 11.6 Å². The smallest absolute Gasteiger partial charge is 0.191 e. The lowest BCUT2D eigenvalue weighted by Gasteiger charge is -2.21. The van der Waals surface area contributed by atoms with Crippen molar-refractivity contribution in [2.45, 2.75) is 19.0 Å². The SMILES string of the molecule is CN=C(NCc1nncn1-c1ccccc1)NC1CCN(c2ccc(F)cc2F)C1. The van der Waals surface area contributed by atoms with E-state index < -0.39 is 11.6 Å². The van der Waals surface area contributed by atoms with Gasteiger partial charge in [-0.2, -0.15) is 0 Å². The van der Waals surface area contributed by atoms with Crippen molar-refractivity contribution in [1.82, 2.24) is 25.4 Å². The minimum Gasteiger partial charge on any atom is -0.367 e. The highest BCUT2D eigenvalue weighted by Crippen LogP contribution is 2.24. The number of aromatic nitrogens is 3. The zero-order chi connectivity index (χ0) is 20.9. The quantitative estimate of drug-likeness (QED) is 0.499. The molecule has 30 heavy (non-hydrogen) atoms. The number of hydrogen-bond acceptors (Lipinski definition) is 4. The second kappa shape index (κ2) is 8.89. The molecule has 0 aliphatic carbocycles. The van der Waals surface area contributed by atoms with Crippen molar-refractivity contribution in [2.24, 2.45) is 4.99 Å². The largest absolute Gasteiger partial charge is 0.367 e. The number of hydrogen-bond donors (Lipinski definition) is 2. The molecule has 2 heterocycles. The first-order chi connectivity index (χ1) is 14.6. The van der Waals surface area contributed by atoms with Crippen LogP contribution in [0.4, 0.5) is 14.5 Å². The molecule has 0 saturated carbocycles. The fraction of sp³-hybridized carbons (Fsp3) is 0.286. The topological polar surface area (TPSA) is 70.4 Å². The molecule has 0 bridgehead atoms. The molecular weight excluding hydrogens is 388 g/mol. The zero-order valence-corrected chi connectivity index (χ0v) is 16.6. The van der Waals surface area contributed by atoms with Crippen LogP contribution < -0.4 is 15.5 Å². The summed E-state index contributed by atoms with van der Waals surface area (Å²) in [5, 5.41) is 14.8. The molecule has 7 nitrogen and oxygen atoms in total. The van der Waals surface area contributed by atoms with Crippen molar-refractivity contribution in [1.29, 1.82) is 0 Å². The van der Waals surface area contributed by atoms with Crippen LogP contribution in [0.1, 0.15) is 12.2 Å². The number of guanidine groups is 1. The highest BCUT2D eigenvalue weighted by molar-refractivity contribution is 5.80. The molecule has 4 rings (SSSR count). The molecule has 2 aromatic carbocycles. The Morgan fingerprint density at radius 2 is 2.03 bits per heavy atom. The summed E-state index contributed by atoms with van der Waals surface area (Å²) >= 11 is 0. The first kappa shape index (κ1) is 19.8. The Labute approximate surface area is 173 Å². The Morgan fingerprint density at radius 1 is 1.20 bits per heavy atom. The van der Waals surface area contributed by atoms with Gasteiger partial charge in [0.25, 0.3) is 0 Å². The Balaban J connectivity index is 1.35. The van der Waals surface area contributed by atoms with Gasteiger partial charge in [0.1, 0.15) is 18.0 Å². The van der Waals surface area contributed by atoms with Crippen LogP contribution >= 0.6 is 0 Å². The van der Waals surface area contributed by atoms with Crippen molar-refractivity contribution in [3.05, 3.63) is 72.3 Å². The molecule has 3 aromatic rings. The number of anilines is 1. The predicted octanol–water partition coefficient (Wildman–Crippen LogP) is 2.49. The number of para-hydroxylation sites is 1. The van der Waals surface area contributed by atoms with Gasteiger partial charge < -0.3 is 15.5 Å². The lowest BCUT2D eigenvalue weighted by molar-refractivity contribution is 0.580. The summed E-state index contributed by atoms with van der Waals surface area (Å²) in [4.78, 5) is 6.18. The number of nitrogens with one attached hydrogen (secondary N) is 2. The molecule has 1 fully saturated rings. The summed E-state index contributed by atoms with van der Waals surface area (Å²) in [5.74, 6) is 0.270. The third kappa shape index (κ3) is 4.40. The second-order valence-electron chi connectivity index (χ2n) is 7.05. The molecule has 1 aliphatic heterocycles. The van der Waals surface area contributed by atoms with Gasteiger partial charge in [-0.05, 0) is 30.7 Å². The monoisotopic (exact) mass is 411 g/mol. The van der Waals surface area contributed by atoms with E-state index in [1.807, 2.05) is 39.8 Å². The number of benzene rings is 2. The van der Waals surface area contributed by atoms with E-state index in [9.17, 15) is 8.78 Å². The van der Waals surface area contributed by atoms with Crippen LogP contribution in [0.2, 0.25) is 0 Å². The van der Waals surface area contributed by atoms with E-state index in [0.29, 0.717) is 31.3 Å². The van der Waals surface area contributed by atoms with E-state index in [2.05, 4.69) is 25.8 Å². The minimum atomic E-state index is -0.571. The van der Waals surface area contributed by atoms with Crippen molar-refractivity contribution in [3.8, 4) is 5.69 Å². The minimum absolute atomic E-state index is 0.0904. The highest BCUT2D eigenvalue weighted by Gasteiger charge is 2.25. The van der Waals surface area contributed by atoms with Crippen LogP contribution in [0, 0.1) is 11.6 Å². The molecule has 0 radical (unpaired) electrons. The summed E-state index contributed by atoms with van der Waals surface area (Å²) in [6.45, 7) is 1.72. The average Bonchev–Trinajstić information content (AvgIpc) is 3.41. The van der Waals surface area contributed by atoms with Crippen LogP contribution in [-0.2, 0) is 6.54 Å². The Morgan fingerprint density at radius 3 is 2.80 bits per heavy atom. The van der Waals surface area contributed by atoms with Gasteiger partial charge in [0, 0.05) is 37.9 Å². The van der Waals surface area contributed by atoms with Crippen LogP contribution in [0.3, 0.4) is 0 Å². The molecule has 9 heteroatoms. The lowest BCUT2D eigenvalue weighted by Crippen LogP contribution is -2.44. The lowest BCUT2D eigenvalue weighted by atomic mass is 10.2. The van der Waals surface area contributed by atoms with Crippen LogP contribution in [0.25, 0.3) is 5.69 Å². The predicted molar refractivity (Wildman–Crippen MR) is 112 cm³/mol. The Hall–Kier alpha value is -3.49. The average molecular weight is 411 g/mol. The summed E-state index contributed by atoms with van der Waals surface area (Å²) in [5.41, 5.74) is 1.40. The molecule has 1 aromatic heterocycles. The standard InChI is InChI=1S/C21H23F2N7/c1-24-21(25-12-20-28-26-14-30(20)17-5-3-2-4-6-17)27-16-9-10-29(13-16)19-8-7-15(22)11-18(19)23/h2-8,11,14,16H,9-10,12-13H2,1H3,(H2,24,25,27). The molecule has 0 spiro atoms. The number of rotatable bonds is 5. The fourth-order valence-electron chi connectivity index (χ4n) is 3.57. The zero-order valence-electron chi connectivity index (χ0n) is 16.6. The van der Waals surface area contributed by atoms with Gasteiger partial charge in [-0.3, -0.25) is 9.56 Å². The van der Waals surface area contributed by atoms with Gasteiger partial charge in [-0.15, -0.1) is 10.2 Å². The van der Waals surface area contributed by atoms with Crippen LogP contribution in [-0.4, -0.2) is 46.9 Å². The van der Waals surface area contributed by atoms with Gasteiger partial charge >= 0.3 is 0 Å². The number of halogens is 2.